The number of fused-ring (bicyclic) bond motifs is 2. The standard InChI is InChI=1S/C14H22N2O2/c1-9-13(17)16(12-4-5-12)8-14(18-9)6-10-2-3-11(7-14)15-10/h9-12,15H,2-8H2,1H3. The second-order valence-electron chi connectivity index (χ2n) is 6.69. The molecule has 1 N–H and O–H groups in total. The maximum absolute atomic E-state index is 12.2. The van der Waals surface area contributed by atoms with Crippen molar-refractivity contribution in [2.24, 2.45) is 0 Å². The van der Waals surface area contributed by atoms with Crippen molar-refractivity contribution in [2.45, 2.75) is 75.3 Å². The maximum atomic E-state index is 12.2. The number of amides is 1. The smallest absolute Gasteiger partial charge is 0.251 e. The number of ether oxygens (including phenoxy) is 1. The molecule has 4 nitrogen and oxygen atoms in total. The molecule has 0 aromatic heterocycles. The zero-order valence-corrected chi connectivity index (χ0v) is 11.0. The molecule has 100 valence electrons. The van der Waals surface area contributed by atoms with Crippen LogP contribution in [-0.2, 0) is 9.53 Å². The van der Waals surface area contributed by atoms with E-state index in [4.69, 9.17) is 4.74 Å². The van der Waals surface area contributed by atoms with E-state index in [2.05, 4.69) is 10.2 Å². The number of rotatable bonds is 1. The summed E-state index contributed by atoms with van der Waals surface area (Å²) < 4.78 is 6.18. The topological polar surface area (TPSA) is 41.6 Å². The lowest BCUT2D eigenvalue weighted by Crippen LogP contribution is -2.63. The lowest BCUT2D eigenvalue weighted by atomic mass is 9.85. The molecule has 1 aliphatic carbocycles. The molecule has 3 heterocycles. The lowest BCUT2D eigenvalue weighted by molar-refractivity contribution is -0.189. The Balaban J connectivity index is 1.59. The van der Waals surface area contributed by atoms with Gasteiger partial charge in [0.2, 0.25) is 0 Å². The van der Waals surface area contributed by atoms with E-state index in [9.17, 15) is 4.79 Å². The number of nitrogens with zero attached hydrogens (tertiary/aromatic N) is 1. The third-order valence-electron chi connectivity index (χ3n) is 5.08. The molecule has 3 unspecified atom stereocenters. The molecule has 1 saturated carbocycles. The van der Waals surface area contributed by atoms with E-state index in [0.717, 1.165) is 19.4 Å². The van der Waals surface area contributed by atoms with E-state index in [1.165, 1.54) is 25.7 Å². The Morgan fingerprint density at radius 3 is 2.50 bits per heavy atom. The molecule has 4 rings (SSSR count). The van der Waals surface area contributed by atoms with Gasteiger partial charge in [-0.3, -0.25) is 4.79 Å². The summed E-state index contributed by atoms with van der Waals surface area (Å²) in [6, 6.07) is 1.75. The minimum Gasteiger partial charge on any atom is -0.360 e. The highest BCUT2D eigenvalue weighted by Crippen LogP contribution is 2.42. The van der Waals surface area contributed by atoms with Gasteiger partial charge in [-0.1, -0.05) is 0 Å². The van der Waals surface area contributed by atoms with Gasteiger partial charge in [-0.05, 0) is 45.4 Å². The van der Waals surface area contributed by atoms with Gasteiger partial charge in [-0.2, -0.15) is 0 Å². The van der Waals surface area contributed by atoms with Gasteiger partial charge in [0.25, 0.3) is 5.91 Å². The van der Waals surface area contributed by atoms with Crippen LogP contribution in [0.4, 0.5) is 0 Å². The van der Waals surface area contributed by atoms with E-state index >= 15 is 0 Å². The fraction of sp³-hybridized carbons (Fsp3) is 0.929. The van der Waals surface area contributed by atoms with Crippen LogP contribution in [0.1, 0.15) is 45.4 Å². The molecule has 18 heavy (non-hydrogen) atoms. The summed E-state index contributed by atoms with van der Waals surface area (Å²) in [4.78, 5) is 14.3. The van der Waals surface area contributed by atoms with Gasteiger partial charge in [-0.25, -0.2) is 0 Å². The van der Waals surface area contributed by atoms with E-state index in [0.29, 0.717) is 18.1 Å². The SMILES string of the molecule is CC1OC2(CC3CCC(C2)N3)CN(C2CC2)C1=O. The van der Waals surface area contributed by atoms with Crippen LogP contribution in [0.5, 0.6) is 0 Å². The molecule has 1 spiro atoms. The number of carbonyl (C=O) groups excluding carboxylic acids is 1. The van der Waals surface area contributed by atoms with Gasteiger partial charge in [0.15, 0.2) is 0 Å². The first kappa shape index (κ1) is 11.2. The summed E-state index contributed by atoms with van der Waals surface area (Å²) >= 11 is 0. The average molecular weight is 250 g/mol. The van der Waals surface area contributed by atoms with Crippen molar-refractivity contribution in [3.05, 3.63) is 0 Å². The number of piperidine rings is 1. The van der Waals surface area contributed by atoms with Crippen molar-refractivity contribution in [2.75, 3.05) is 6.54 Å². The minimum absolute atomic E-state index is 0.0486. The Kier molecular flexibility index (Phi) is 2.31. The van der Waals surface area contributed by atoms with Gasteiger partial charge in [0, 0.05) is 18.1 Å². The Morgan fingerprint density at radius 1 is 1.22 bits per heavy atom. The normalized spacial score (nSPS) is 47.9. The second kappa shape index (κ2) is 3.70. The summed E-state index contributed by atoms with van der Waals surface area (Å²) in [6.07, 6.45) is 6.88. The van der Waals surface area contributed by atoms with Crippen molar-refractivity contribution in [3.8, 4) is 0 Å². The number of nitrogens with one attached hydrogen (secondary N) is 1. The molecule has 0 radical (unpaired) electrons. The Morgan fingerprint density at radius 2 is 1.89 bits per heavy atom. The van der Waals surface area contributed by atoms with Gasteiger partial charge >= 0.3 is 0 Å². The maximum Gasteiger partial charge on any atom is 0.251 e. The van der Waals surface area contributed by atoms with Crippen LogP contribution in [0.15, 0.2) is 0 Å². The molecule has 4 fully saturated rings. The molecule has 3 saturated heterocycles. The Labute approximate surface area is 108 Å². The predicted octanol–water partition coefficient (Wildman–Crippen LogP) is 1.05. The van der Waals surface area contributed by atoms with E-state index in [1.807, 2.05) is 6.92 Å². The van der Waals surface area contributed by atoms with E-state index < -0.39 is 0 Å². The largest absolute Gasteiger partial charge is 0.360 e. The van der Waals surface area contributed by atoms with E-state index in [-0.39, 0.29) is 17.6 Å². The third kappa shape index (κ3) is 1.69. The zero-order chi connectivity index (χ0) is 12.3. The molecule has 0 aromatic carbocycles. The van der Waals surface area contributed by atoms with Gasteiger partial charge < -0.3 is 15.0 Å². The molecule has 1 amide bonds. The predicted molar refractivity (Wildman–Crippen MR) is 67.2 cm³/mol. The highest BCUT2D eigenvalue weighted by molar-refractivity contribution is 5.82. The minimum atomic E-state index is -0.239. The lowest BCUT2D eigenvalue weighted by Gasteiger charge is -2.49. The fourth-order valence-corrected chi connectivity index (χ4v) is 4.21. The first-order chi connectivity index (χ1) is 8.65. The second-order valence-corrected chi connectivity index (χ2v) is 6.69. The zero-order valence-electron chi connectivity index (χ0n) is 11.0. The van der Waals surface area contributed by atoms with Gasteiger partial charge in [0.05, 0.1) is 12.1 Å². The molecule has 2 bridgehead atoms. The summed E-state index contributed by atoms with van der Waals surface area (Å²) in [5.74, 6) is 0.217. The van der Waals surface area contributed by atoms with Crippen molar-refractivity contribution in [1.29, 1.82) is 0 Å². The fourth-order valence-electron chi connectivity index (χ4n) is 4.21. The summed E-state index contributed by atoms with van der Waals surface area (Å²) in [5, 5.41) is 3.66. The summed E-state index contributed by atoms with van der Waals surface area (Å²) in [6.45, 7) is 2.78. The summed E-state index contributed by atoms with van der Waals surface area (Å²) in [7, 11) is 0. The van der Waals surface area contributed by atoms with Gasteiger partial charge in [-0.15, -0.1) is 0 Å². The van der Waals surface area contributed by atoms with E-state index in [1.54, 1.807) is 0 Å². The number of hydrogen-bond acceptors (Lipinski definition) is 3. The molecule has 4 aliphatic rings. The number of hydrogen-bond donors (Lipinski definition) is 1. The van der Waals surface area contributed by atoms with Crippen molar-refractivity contribution in [3.63, 3.8) is 0 Å². The molecule has 4 heteroatoms. The monoisotopic (exact) mass is 250 g/mol. The van der Waals surface area contributed by atoms with Crippen LogP contribution >= 0.6 is 0 Å². The van der Waals surface area contributed by atoms with Crippen molar-refractivity contribution < 1.29 is 9.53 Å². The highest BCUT2D eigenvalue weighted by atomic mass is 16.5. The van der Waals surface area contributed by atoms with Crippen LogP contribution in [0.3, 0.4) is 0 Å². The van der Waals surface area contributed by atoms with Gasteiger partial charge in [0.1, 0.15) is 6.10 Å². The first-order valence-corrected chi connectivity index (χ1v) is 7.40. The molecule has 0 aromatic rings. The quantitative estimate of drug-likeness (QED) is 0.756. The third-order valence-corrected chi connectivity index (χ3v) is 5.08. The van der Waals surface area contributed by atoms with Crippen LogP contribution in [0.2, 0.25) is 0 Å². The number of morpholine rings is 1. The molecular formula is C14H22N2O2. The number of carbonyl (C=O) groups is 1. The highest BCUT2D eigenvalue weighted by Gasteiger charge is 2.52. The molecule has 3 atom stereocenters. The van der Waals surface area contributed by atoms with Crippen LogP contribution in [-0.4, -0.2) is 47.2 Å². The molecule has 3 aliphatic heterocycles. The Hall–Kier alpha value is -0.610. The first-order valence-electron chi connectivity index (χ1n) is 7.40. The Bertz CT molecular complexity index is 368. The van der Waals surface area contributed by atoms with Crippen LogP contribution < -0.4 is 5.32 Å². The van der Waals surface area contributed by atoms with Crippen LogP contribution in [0.25, 0.3) is 0 Å². The van der Waals surface area contributed by atoms with Crippen molar-refractivity contribution in [1.82, 2.24) is 10.2 Å². The van der Waals surface area contributed by atoms with Crippen molar-refractivity contribution >= 4 is 5.91 Å². The molecular weight excluding hydrogens is 228 g/mol. The average Bonchev–Trinajstić information content (AvgIpc) is 3.11. The summed E-state index contributed by atoms with van der Waals surface area (Å²) in [5.41, 5.74) is -0.0486. The van der Waals surface area contributed by atoms with Crippen LogP contribution in [0, 0.1) is 0 Å².